The van der Waals surface area contributed by atoms with Crippen molar-refractivity contribution in [2.75, 3.05) is 13.2 Å². The third kappa shape index (κ3) is 4.44. The average Bonchev–Trinajstić information content (AvgIpc) is 2.30. The summed E-state index contributed by atoms with van der Waals surface area (Å²) >= 11 is 0. The molecule has 4 nitrogen and oxygen atoms in total. The molecule has 1 aromatic carbocycles. The molecule has 0 radical (unpaired) electrons. The van der Waals surface area contributed by atoms with E-state index >= 15 is 0 Å². The van der Waals surface area contributed by atoms with Gasteiger partial charge in [-0.1, -0.05) is 12.1 Å². The van der Waals surface area contributed by atoms with Crippen molar-refractivity contribution in [1.82, 2.24) is 5.32 Å². The van der Waals surface area contributed by atoms with Crippen LogP contribution in [0.15, 0.2) is 18.2 Å². The number of carbonyl (C=O) groups is 1. The minimum atomic E-state index is -0.246. The normalized spacial score (nSPS) is 12.0. The lowest BCUT2D eigenvalue weighted by Gasteiger charge is -2.13. The number of hydrogen-bond acceptors (Lipinski definition) is 3. The van der Waals surface area contributed by atoms with Crippen LogP contribution >= 0.6 is 0 Å². The molecule has 0 aromatic heterocycles. The van der Waals surface area contributed by atoms with Gasteiger partial charge in [0.1, 0.15) is 5.75 Å². The topological polar surface area (TPSA) is 58.6 Å². The molecule has 0 aliphatic rings. The van der Waals surface area contributed by atoms with Crippen LogP contribution in [-0.2, 0) is 4.79 Å². The molecule has 4 heteroatoms. The number of aryl methyl sites for hydroxylation is 2. The highest BCUT2D eigenvalue weighted by Crippen LogP contribution is 2.18. The molecule has 0 heterocycles. The van der Waals surface area contributed by atoms with E-state index in [0.717, 1.165) is 16.9 Å². The number of aliphatic hydroxyl groups is 1. The van der Waals surface area contributed by atoms with Gasteiger partial charge >= 0.3 is 0 Å². The summed E-state index contributed by atoms with van der Waals surface area (Å²) in [7, 11) is 0. The zero-order valence-corrected chi connectivity index (χ0v) is 10.5. The Balaban J connectivity index is 2.50. The van der Waals surface area contributed by atoms with Crippen molar-refractivity contribution in [2.45, 2.75) is 26.8 Å². The van der Waals surface area contributed by atoms with Crippen LogP contribution in [-0.4, -0.2) is 30.3 Å². The van der Waals surface area contributed by atoms with Gasteiger partial charge in [0.25, 0.3) is 5.91 Å². The number of benzene rings is 1. The molecule has 94 valence electrons. The first-order valence-corrected chi connectivity index (χ1v) is 5.63. The predicted molar refractivity (Wildman–Crippen MR) is 66.1 cm³/mol. The Morgan fingerprint density at radius 1 is 1.47 bits per heavy atom. The number of ether oxygens (including phenoxy) is 1. The number of amides is 1. The number of hydrogen-bond donors (Lipinski definition) is 2. The highest BCUT2D eigenvalue weighted by Gasteiger charge is 2.07. The molecule has 2 N–H and O–H groups in total. The molecular weight excluding hydrogens is 218 g/mol. The monoisotopic (exact) mass is 237 g/mol. The molecule has 1 rings (SSSR count). The van der Waals surface area contributed by atoms with Crippen molar-refractivity contribution in [3.8, 4) is 5.75 Å². The van der Waals surface area contributed by atoms with E-state index in [-0.39, 0.29) is 25.2 Å². The number of carbonyl (C=O) groups excluding carboxylic acids is 1. The summed E-state index contributed by atoms with van der Waals surface area (Å²) < 4.78 is 5.43. The maximum absolute atomic E-state index is 11.4. The van der Waals surface area contributed by atoms with Gasteiger partial charge in [-0.3, -0.25) is 4.79 Å². The third-order valence-electron chi connectivity index (χ3n) is 2.38. The van der Waals surface area contributed by atoms with Gasteiger partial charge in [-0.25, -0.2) is 0 Å². The van der Waals surface area contributed by atoms with E-state index in [4.69, 9.17) is 9.84 Å². The van der Waals surface area contributed by atoms with Crippen LogP contribution in [0, 0.1) is 13.8 Å². The van der Waals surface area contributed by atoms with Crippen LogP contribution in [0.2, 0.25) is 0 Å². The SMILES string of the molecule is Cc1ccc(C)c(OCC(=O)N[C@H](C)CO)c1. The van der Waals surface area contributed by atoms with Crippen molar-refractivity contribution in [3.05, 3.63) is 29.3 Å². The van der Waals surface area contributed by atoms with Crippen molar-refractivity contribution >= 4 is 5.91 Å². The van der Waals surface area contributed by atoms with Gasteiger partial charge in [0.05, 0.1) is 6.61 Å². The lowest BCUT2D eigenvalue weighted by atomic mass is 10.1. The second-order valence-electron chi connectivity index (χ2n) is 4.21. The number of nitrogens with one attached hydrogen (secondary N) is 1. The van der Waals surface area contributed by atoms with Crippen molar-refractivity contribution < 1.29 is 14.6 Å². The van der Waals surface area contributed by atoms with E-state index < -0.39 is 0 Å². The molecule has 0 bridgehead atoms. The molecule has 0 saturated heterocycles. The zero-order valence-electron chi connectivity index (χ0n) is 10.5. The second kappa shape index (κ2) is 6.25. The molecule has 1 atom stereocenters. The number of rotatable bonds is 5. The van der Waals surface area contributed by atoms with Gasteiger partial charge in [0.15, 0.2) is 6.61 Å². The maximum atomic E-state index is 11.4. The summed E-state index contributed by atoms with van der Waals surface area (Å²) in [6, 6.07) is 5.61. The van der Waals surface area contributed by atoms with Crippen molar-refractivity contribution in [3.63, 3.8) is 0 Å². The van der Waals surface area contributed by atoms with Gasteiger partial charge in [-0.15, -0.1) is 0 Å². The van der Waals surface area contributed by atoms with Crippen LogP contribution < -0.4 is 10.1 Å². The van der Waals surface area contributed by atoms with Crippen LogP contribution in [0.3, 0.4) is 0 Å². The summed E-state index contributed by atoms with van der Waals surface area (Å²) in [6.45, 7) is 5.53. The first kappa shape index (κ1) is 13.5. The molecule has 17 heavy (non-hydrogen) atoms. The van der Waals surface area contributed by atoms with E-state index in [1.54, 1.807) is 6.92 Å². The zero-order chi connectivity index (χ0) is 12.8. The van der Waals surface area contributed by atoms with E-state index in [2.05, 4.69) is 5.32 Å². The lowest BCUT2D eigenvalue weighted by Crippen LogP contribution is -2.38. The first-order valence-electron chi connectivity index (χ1n) is 5.63. The van der Waals surface area contributed by atoms with Gasteiger partial charge < -0.3 is 15.2 Å². The van der Waals surface area contributed by atoms with E-state index in [1.807, 2.05) is 32.0 Å². The highest BCUT2D eigenvalue weighted by atomic mass is 16.5. The van der Waals surface area contributed by atoms with E-state index in [9.17, 15) is 4.79 Å². The first-order chi connectivity index (χ1) is 8.02. The molecule has 0 fully saturated rings. The molecule has 0 aliphatic carbocycles. The third-order valence-corrected chi connectivity index (χ3v) is 2.38. The van der Waals surface area contributed by atoms with Crippen molar-refractivity contribution in [1.29, 1.82) is 0 Å². The molecule has 1 amide bonds. The molecule has 1 aromatic rings. The fourth-order valence-corrected chi connectivity index (χ4v) is 1.37. The number of aliphatic hydroxyl groups excluding tert-OH is 1. The Labute approximate surface area is 102 Å². The maximum Gasteiger partial charge on any atom is 0.258 e. The Kier molecular flexibility index (Phi) is 4.97. The Morgan fingerprint density at radius 3 is 2.82 bits per heavy atom. The molecule has 0 saturated carbocycles. The molecular formula is C13H19NO3. The van der Waals surface area contributed by atoms with Crippen LogP contribution in [0.1, 0.15) is 18.1 Å². The Morgan fingerprint density at radius 2 is 2.18 bits per heavy atom. The average molecular weight is 237 g/mol. The van der Waals surface area contributed by atoms with Gasteiger partial charge in [0, 0.05) is 6.04 Å². The summed E-state index contributed by atoms with van der Waals surface area (Å²) in [5.74, 6) is 0.490. The second-order valence-corrected chi connectivity index (χ2v) is 4.21. The Bertz CT molecular complexity index is 390. The van der Waals surface area contributed by atoms with Gasteiger partial charge in [-0.05, 0) is 38.0 Å². The summed E-state index contributed by atoms with van der Waals surface area (Å²) in [6.07, 6.45) is 0. The Hall–Kier alpha value is -1.55. The largest absolute Gasteiger partial charge is 0.483 e. The highest BCUT2D eigenvalue weighted by molar-refractivity contribution is 5.77. The fourth-order valence-electron chi connectivity index (χ4n) is 1.37. The van der Waals surface area contributed by atoms with Gasteiger partial charge in [-0.2, -0.15) is 0 Å². The minimum Gasteiger partial charge on any atom is -0.483 e. The minimum absolute atomic E-state index is 0.0331. The predicted octanol–water partition coefficient (Wildman–Crippen LogP) is 1.18. The summed E-state index contributed by atoms with van der Waals surface area (Å²) in [4.78, 5) is 11.4. The fraction of sp³-hybridized carbons (Fsp3) is 0.462. The van der Waals surface area contributed by atoms with Crippen LogP contribution in [0.5, 0.6) is 5.75 Å². The molecule has 0 unspecified atom stereocenters. The molecule has 0 spiro atoms. The summed E-state index contributed by atoms with van der Waals surface area (Å²) in [5, 5.41) is 11.4. The van der Waals surface area contributed by atoms with E-state index in [0.29, 0.717) is 0 Å². The quantitative estimate of drug-likeness (QED) is 0.808. The summed E-state index contributed by atoms with van der Waals surface area (Å²) in [5.41, 5.74) is 2.09. The lowest BCUT2D eigenvalue weighted by molar-refractivity contribution is -0.124. The smallest absolute Gasteiger partial charge is 0.258 e. The van der Waals surface area contributed by atoms with Crippen molar-refractivity contribution in [2.24, 2.45) is 0 Å². The van der Waals surface area contributed by atoms with Crippen LogP contribution in [0.4, 0.5) is 0 Å². The standard InChI is InChI=1S/C13H19NO3/c1-9-4-5-10(2)12(6-9)17-8-13(16)14-11(3)7-15/h4-6,11,15H,7-8H2,1-3H3,(H,14,16)/t11-/m1/s1. The van der Waals surface area contributed by atoms with Crippen LogP contribution in [0.25, 0.3) is 0 Å². The van der Waals surface area contributed by atoms with E-state index in [1.165, 1.54) is 0 Å². The van der Waals surface area contributed by atoms with Gasteiger partial charge in [0.2, 0.25) is 0 Å². The molecule has 0 aliphatic heterocycles.